The zero-order chi connectivity index (χ0) is 17.2. The summed E-state index contributed by atoms with van der Waals surface area (Å²) in [6, 6.07) is 7.80. The highest BCUT2D eigenvalue weighted by atomic mass is 32.1. The first-order valence-electron chi connectivity index (χ1n) is 8.36. The van der Waals surface area contributed by atoms with E-state index in [1.165, 1.54) is 6.42 Å². The molecule has 0 spiro atoms. The molecule has 6 nitrogen and oxygen atoms in total. The number of aryl methyl sites for hydroxylation is 1. The number of carbonyl (C=O) groups excluding carboxylic acids is 1. The third-order valence-corrected chi connectivity index (χ3v) is 5.06. The molecule has 2 aromatic heterocycles. The first-order chi connectivity index (χ1) is 12.2. The van der Waals surface area contributed by atoms with Crippen LogP contribution in [0.4, 0.5) is 0 Å². The summed E-state index contributed by atoms with van der Waals surface area (Å²) in [5, 5.41) is 7.04. The average molecular weight is 354 g/mol. The maximum Gasteiger partial charge on any atom is 0.316 e. The van der Waals surface area contributed by atoms with Gasteiger partial charge in [-0.15, -0.1) is 11.3 Å². The van der Waals surface area contributed by atoms with Crippen LogP contribution in [-0.4, -0.2) is 39.0 Å². The van der Waals surface area contributed by atoms with Crippen LogP contribution in [0.25, 0.3) is 22.6 Å². The summed E-state index contributed by atoms with van der Waals surface area (Å²) in [5.74, 6) is 0.311. The molecular weight excluding hydrogens is 336 g/mol. The van der Waals surface area contributed by atoms with Crippen molar-refractivity contribution >= 4 is 17.2 Å². The Morgan fingerprint density at radius 3 is 2.72 bits per heavy atom. The first kappa shape index (κ1) is 16.0. The molecule has 1 aromatic carbocycles. The maximum atomic E-state index is 12.5. The molecule has 0 atom stereocenters. The Morgan fingerprint density at radius 1 is 1.16 bits per heavy atom. The molecular formula is C18H18N4O2S. The van der Waals surface area contributed by atoms with Gasteiger partial charge in [-0.25, -0.2) is 4.98 Å². The van der Waals surface area contributed by atoms with E-state index < -0.39 is 0 Å². The molecule has 0 saturated carbocycles. The smallest absolute Gasteiger partial charge is 0.316 e. The Morgan fingerprint density at radius 2 is 1.96 bits per heavy atom. The molecule has 0 unspecified atom stereocenters. The van der Waals surface area contributed by atoms with Crippen molar-refractivity contribution in [3.8, 4) is 22.6 Å². The Labute approximate surface area is 149 Å². The third kappa shape index (κ3) is 3.32. The fourth-order valence-corrected chi connectivity index (χ4v) is 3.60. The zero-order valence-electron chi connectivity index (χ0n) is 13.9. The number of thiazole rings is 1. The van der Waals surface area contributed by atoms with Crippen molar-refractivity contribution in [1.29, 1.82) is 0 Å². The molecule has 4 rings (SSSR count). The molecule has 0 aliphatic carbocycles. The zero-order valence-corrected chi connectivity index (χ0v) is 14.8. The van der Waals surface area contributed by atoms with Gasteiger partial charge in [0.2, 0.25) is 5.82 Å². The number of nitrogens with zero attached hydrogens (tertiary/aromatic N) is 4. The molecule has 1 saturated heterocycles. The highest BCUT2D eigenvalue weighted by molar-refractivity contribution is 7.09. The standard InChI is InChI=1S/C18H18N4O2S/c1-12-19-15(11-25-12)13-6-5-7-14(10-13)16-20-17(24-21-16)18(23)22-8-3-2-4-9-22/h5-7,10-11H,2-4,8-9H2,1H3. The van der Waals surface area contributed by atoms with Crippen LogP contribution < -0.4 is 0 Å². The lowest BCUT2D eigenvalue weighted by Gasteiger charge is -2.24. The van der Waals surface area contributed by atoms with Gasteiger partial charge in [0, 0.05) is 29.6 Å². The number of aromatic nitrogens is 3. The van der Waals surface area contributed by atoms with E-state index in [0.717, 1.165) is 47.8 Å². The molecule has 3 heterocycles. The maximum absolute atomic E-state index is 12.5. The van der Waals surface area contributed by atoms with E-state index in [1.807, 2.05) is 36.6 Å². The highest BCUT2D eigenvalue weighted by Gasteiger charge is 2.24. The van der Waals surface area contributed by atoms with Gasteiger partial charge in [0.15, 0.2) is 0 Å². The van der Waals surface area contributed by atoms with Gasteiger partial charge >= 0.3 is 11.8 Å². The van der Waals surface area contributed by atoms with Crippen molar-refractivity contribution in [2.24, 2.45) is 0 Å². The van der Waals surface area contributed by atoms with Crippen LogP contribution in [0.2, 0.25) is 0 Å². The van der Waals surface area contributed by atoms with Crippen LogP contribution in [0.5, 0.6) is 0 Å². The Balaban J connectivity index is 1.58. The topological polar surface area (TPSA) is 72.1 Å². The van der Waals surface area contributed by atoms with Crippen LogP contribution in [0, 0.1) is 6.92 Å². The lowest BCUT2D eigenvalue weighted by Crippen LogP contribution is -2.35. The van der Waals surface area contributed by atoms with Crippen LogP contribution in [0.1, 0.15) is 35.0 Å². The van der Waals surface area contributed by atoms with Gasteiger partial charge in [0.1, 0.15) is 0 Å². The molecule has 0 radical (unpaired) electrons. The van der Waals surface area contributed by atoms with Crippen molar-refractivity contribution in [3.63, 3.8) is 0 Å². The van der Waals surface area contributed by atoms with Crippen molar-refractivity contribution in [2.75, 3.05) is 13.1 Å². The molecule has 1 fully saturated rings. The van der Waals surface area contributed by atoms with Crippen LogP contribution >= 0.6 is 11.3 Å². The second-order valence-electron chi connectivity index (χ2n) is 6.11. The molecule has 1 amide bonds. The molecule has 3 aromatic rings. The second kappa shape index (κ2) is 6.76. The summed E-state index contributed by atoms with van der Waals surface area (Å²) < 4.78 is 5.22. The van der Waals surface area contributed by atoms with Gasteiger partial charge in [0.05, 0.1) is 10.7 Å². The Bertz CT molecular complexity index is 896. The van der Waals surface area contributed by atoms with E-state index in [0.29, 0.717) is 5.82 Å². The number of amides is 1. The van der Waals surface area contributed by atoms with E-state index in [9.17, 15) is 4.79 Å². The van der Waals surface area contributed by atoms with Crippen molar-refractivity contribution < 1.29 is 9.32 Å². The van der Waals surface area contributed by atoms with Crippen molar-refractivity contribution in [1.82, 2.24) is 20.0 Å². The Kier molecular flexibility index (Phi) is 4.31. The van der Waals surface area contributed by atoms with Gasteiger partial charge in [-0.3, -0.25) is 4.79 Å². The van der Waals surface area contributed by atoms with Crippen LogP contribution in [0.3, 0.4) is 0 Å². The largest absolute Gasteiger partial charge is 0.334 e. The molecule has 25 heavy (non-hydrogen) atoms. The summed E-state index contributed by atoms with van der Waals surface area (Å²) in [4.78, 5) is 23.1. The highest BCUT2D eigenvalue weighted by Crippen LogP contribution is 2.26. The van der Waals surface area contributed by atoms with Crippen LogP contribution in [0.15, 0.2) is 34.2 Å². The van der Waals surface area contributed by atoms with Crippen molar-refractivity contribution in [2.45, 2.75) is 26.2 Å². The van der Waals surface area contributed by atoms with E-state index in [4.69, 9.17) is 4.52 Å². The number of hydrogen-bond donors (Lipinski definition) is 0. The normalized spacial score (nSPS) is 14.7. The number of rotatable bonds is 3. The molecule has 0 bridgehead atoms. The van der Waals surface area contributed by atoms with Gasteiger partial charge < -0.3 is 9.42 Å². The molecule has 0 N–H and O–H groups in total. The summed E-state index contributed by atoms with van der Waals surface area (Å²) >= 11 is 1.61. The minimum Gasteiger partial charge on any atom is -0.334 e. The Hall–Kier alpha value is -2.54. The molecule has 1 aliphatic rings. The van der Waals surface area contributed by atoms with Gasteiger partial charge in [0.25, 0.3) is 0 Å². The van der Waals surface area contributed by atoms with Gasteiger partial charge in [-0.2, -0.15) is 4.98 Å². The summed E-state index contributed by atoms with van der Waals surface area (Å²) in [7, 11) is 0. The molecule has 1 aliphatic heterocycles. The second-order valence-corrected chi connectivity index (χ2v) is 7.17. The summed E-state index contributed by atoms with van der Waals surface area (Å²) in [5.41, 5.74) is 2.73. The molecule has 128 valence electrons. The van der Waals surface area contributed by atoms with E-state index in [-0.39, 0.29) is 11.8 Å². The number of benzene rings is 1. The fraction of sp³-hybridized carbons (Fsp3) is 0.333. The molecule has 7 heteroatoms. The monoisotopic (exact) mass is 354 g/mol. The number of hydrogen-bond acceptors (Lipinski definition) is 6. The first-order valence-corrected chi connectivity index (χ1v) is 9.24. The predicted octanol–water partition coefficient (Wildman–Crippen LogP) is 3.79. The van der Waals surface area contributed by atoms with Crippen LogP contribution in [-0.2, 0) is 0 Å². The average Bonchev–Trinajstić information content (AvgIpc) is 3.31. The van der Waals surface area contributed by atoms with Crippen molar-refractivity contribution in [3.05, 3.63) is 40.5 Å². The SMILES string of the molecule is Cc1nc(-c2cccc(-c3noc(C(=O)N4CCCCC4)n3)c2)cs1. The fourth-order valence-electron chi connectivity index (χ4n) is 2.97. The lowest BCUT2D eigenvalue weighted by molar-refractivity contribution is 0.0674. The number of likely N-dealkylation sites (tertiary alicyclic amines) is 1. The lowest BCUT2D eigenvalue weighted by atomic mass is 10.1. The quantitative estimate of drug-likeness (QED) is 0.715. The number of carbonyl (C=O) groups is 1. The van der Waals surface area contributed by atoms with Gasteiger partial charge in [-0.1, -0.05) is 23.4 Å². The predicted molar refractivity (Wildman–Crippen MR) is 95.3 cm³/mol. The third-order valence-electron chi connectivity index (χ3n) is 4.29. The number of piperidine rings is 1. The minimum atomic E-state index is -0.176. The summed E-state index contributed by atoms with van der Waals surface area (Å²) in [6.45, 7) is 3.50. The van der Waals surface area contributed by atoms with E-state index >= 15 is 0 Å². The van der Waals surface area contributed by atoms with E-state index in [1.54, 1.807) is 16.2 Å². The minimum absolute atomic E-state index is 0.0619. The van der Waals surface area contributed by atoms with Gasteiger partial charge in [-0.05, 0) is 32.3 Å². The summed E-state index contributed by atoms with van der Waals surface area (Å²) in [6.07, 6.45) is 3.23. The van der Waals surface area contributed by atoms with E-state index in [2.05, 4.69) is 15.1 Å².